The van der Waals surface area contributed by atoms with Crippen LogP contribution < -0.4 is 0 Å². The number of aliphatic hydroxyl groups excluding tert-OH is 20. The van der Waals surface area contributed by atoms with Gasteiger partial charge in [-0.3, -0.25) is 0 Å². The van der Waals surface area contributed by atoms with Crippen molar-refractivity contribution in [3.63, 3.8) is 0 Å². The molecule has 21 saturated heterocycles. The highest BCUT2D eigenvalue weighted by molar-refractivity contribution is 7.80. The van der Waals surface area contributed by atoms with Crippen LogP contribution in [0.1, 0.15) is 0 Å². The second-order valence-electron chi connectivity index (χ2n) is 19.7. The Morgan fingerprint density at radius 3 is 0.455 bits per heavy atom. The molecule has 0 aliphatic carbocycles. The fourth-order valence-corrected chi connectivity index (χ4v) is 10.7. The van der Waals surface area contributed by atoms with Crippen LogP contribution >= 0.6 is 12.6 Å². The van der Waals surface area contributed by atoms with Crippen LogP contribution in [0.5, 0.6) is 0 Å². The number of rotatable bonds is 7. The first-order valence-corrected chi connectivity index (χ1v) is 25.3. The molecule has 0 unspecified atom stereocenters. The molecule has 21 rings (SSSR count). The van der Waals surface area contributed by atoms with E-state index in [9.17, 15) is 102 Å². The van der Waals surface area contributed by atoms with E-state index >= 15 is 0 Å². The largest absolute Gasteiger partial charge is 0.394 e. The number of hydrogen-bond donors (Lipinski definition) is 21. The van der Waals surface area contributed by atoms with Gasteiger partial charge in [-0.25, -0.2) is 0 Å². The fourth-order valence-electron chi connectivity index (χ4n) is 10.4. The molecule has 448 valence electrons. The molecule has 77 heavy (non-hydrogen) atoms. The van der Waals surface area contributed by atoms with Crippen molar-refractivity contribution in [2.75, 3.05) is 45.4 Å². The second kappa shape index (κ2) is 26.3. The third-order valence-corrected chi connectivity index (χ3v) is 15.1. The molecule has 0 aromatic rings. The minimum Gasteiger partial charge on any atom is -0.394 e. The summed E-state index contributed by atoms with van der Waals surface area (Å²) in [6, 6.07) is 0. The molecule has 21 aliphatic heterocycles. The van der Waals surface area contributed by atoms with Crippen LogP contribution in [0.25, 0.3) is 0 Å². The fraction of sp³-hybridized carbons (Fsp3) is 1.00. The zero-order valence-electron chi connectivity index (χ0n) is 40.3. The molecule has 0 aromatic carbocycles. The summed E-state index contributed by atoms with van der Waals surface area (Å²) in [6.45, 7) is -6.17. The van der Waals surface area contributed by atoms with E-state index in [2.05, 4.69) is 12.6 Å². The maximum atomic E-state index is 11.4. The standard InChI is InChI=1S/C42H70O34S/c43-1-8-29-16(50)23(57)37(64-8)72-31-10(3-45)66-39(25(59)18(31)52)74-33-12(5-47)68-41(27(61)20(33)54)76-35-14(7-77)69-42(28(62)21(35)55)75-34-13(6-48)67-40(26(60)19(34)53)73-32-11(4-46)65-38(24(58)17(32)51)71-30-9(2-44)63-36(70-29)22(56)15(30)49/h8-62,77H,1-7H2/t8-,9-,10-,11-,12-,13-,14-,15-,16-,17-,18-,19-,20-,21-,22-,23-,24-,25-,26+,27-,28-,29-,30-,31-,32-,33-,34-,35-,36-,37-,38-,39-,40-,41-,42-/m1/s1. The van der Waals surface area contributed by atoms with Gasteiger partial charge in [-0.1, -0.05) is 0 Å². The lowest BCUT2D eigenvalue weighted by atomic mass is 9.95. The van der Waals surface area contributed by atoms with E-state index in [4.69, 9.17) is 66.3 Å². The van der Waals surface area contributed by atoms with Crippen LogP contribution in [-0.4, -0.2) is 362 Å². The molecule has 0 saturated carbocycles. The Bertz CT molecular complexity index is 1470. The highest BCUT2D eigenvalue weighted by atomic mass is 32.1. The first kappa shape index (κ1) is 62.0. The average molecular weight is 1150 g/mol. The first-order valence-electron chi connectivity index (χ1n) is 24.6. The Morgan fingerprint density at radius 1 is 0.195 bits per heavy atom. The zero-order chi connectivity index (χ0) is 56.1. The van der Waals surface area contributed by atoms with Gasteiger partial charge in [0.2, 0.25) is 0 Å². The van der Waals surface area contributed by atoms with Gasteiger partial charge >= 0.3 is 0 Å². The van der Waals surface area contributed by atoms with E-state index in [0.29, 0.717) is 0 Å². The maximum absolute atomic E-state index is 11.4. The van der Waals surface area contributed by atoms with Crippen molar-refractivity contribution >= 4 is 12.6 Å². The van der Waals surface area contributed by atoms with Gasteiger partial charge in [-0.05, 0) is 0 Å². The van der Waals surface area contributed by atoms with Crippen LogP contribution in [0.15, 0.2) is 0 Å². The van der Waals surface area contributed by atoms with E-state index in [1.807, 2.05) is 0 Å². The summed E-state index contributed by atoms with van der Waals surface area (Å²) in [7, 11) is 0. The first-order chi connectivity index (χ1) is 36.7. The van der Waals surface area contributed by atoms with Crippen molar-refractivity contribution < 1.29 is 168 Å². The summed E-state index contributed by atoms with van der Waals surface area (Å²) >= 11 is 4.23. The van der Waals surface area contributed by atoms with Crippen molar-refractivity contribution in [3.05, 3.63) is 0 Å². The van der Waals surface area contributed by atoms with Crippen LogP contribution in [0.4, 0.5) is 0 Å². The van der Waals surface area contributed by atoms with Crippen LogP contribution in [0.3, 0.4) is 0 Å². The quantitative estimate of drug-likeness (QED) is 0.105. The Morgan fingerprint density at radius 2 is 0.325 bits per heavy atom. The molecular formula is C42H70O34S. The minimum atomic E-state index is -2.20. The van der Waals surface area contributed by atoms with Gasteiger partial charge in [-0.2, -0.15) is 12.6 Å². The molecule has 34 nitrogen and oxygen atoms in total. The molecule has 0 amide bonds. The summed E-state index contributed by atoms with van der Waals surface area (Å²) in [5.74, 6) is -0.352. The lowest BCUT2D eigenvalue weighted by molar-refractivity contribution is -0.396. The molecule has 0 aromatic heterocycles. The van der Waals surface area contributed by atoms with E-state index < -0.39 is 255 Å². The monoisotopic (exact) mass is 1150 g/mol. The van der Waals surface area contributed by atoms with Crippen molar-refractivity contribution in [3.8, 4) is 0 Å². The molecule has 21 fully saturated rings. The maximum Gasteiger partial charge on any atom is 0.187 e. The summed E-state index contributed by atoms with van der Waals surface area (Å²) < 4.78 is 80.0. The van der Waals surface area contributed by atoms with Crippen LogP contribution in [0.2, 0.25) is 0 Å². The molecule has 35 heteroatoms. The molecule has 21 heterocycles. The predicted octanol–water partition coefficient (Wildman–Crippen LogP) is -14.3. The van der Waals surface area contributed by atoms with Crippen molar-refractivity contribution in [2.45, 2.75) is 215 Å². The Labute approximate surface area is 440 Å². The molecule has 0 radical (unpaired) electrons. The molecule has 20 N–H and O–H groups in total. The minimum absolute atomic E-state index is 0.352. The van der Waals surface area contributed by atoms with Crippen molar-refractivity contribution in [2.24, 2.45) is 0 Å². The summed E-state index contributed by atoms with van der Waals surface area (Å²) in [5.41, 5.74) is 0. The van der Waals surface area contributed by atoms with Gasteiger partial charge < -0.3 is 168 Å². The van der Waals surface area contributed by atoms with Gasteiger partial charge in [0.1, 0.15) is 165 Å². The molecular weight excluding hydrogens is 1080 g/mol. The summed E-state index contributed by atoms with van der Waals surface area (Å²) in [5, 5.41) is 220. The van der Waals surface area contributed by atoms with Gasteiger partial charge in [0.15, 0.2) is 44.0 Å². The Hall–Kier alpha value is -1.01. The van der Waals surface area contributed by atoms with E-state index in [1.54, 1.807) is 0 Å². The van der Waals surface area contributed by atoms with Crippen molar-refractivity contribution in [1.82, 2.24) is 0 Å². The van der Waals surface area contributed by atoms with E-state index in [1.165, 1.54) is 0 Å². The normalized spacial score (nSPS) is 55.4. The van der Waals surface area contributed by atoms with Gasteiger partial charge in [0.05, 0.1) is 45.7 Å². The average Bonchev–Trinajstić information content (AvgIpc) is 3.45. The topological polar surface area (TPSA) is 534 Å². The van der Waals surface area contributed by atoms with Crippen molar-refractivity contribution in [1.29, 1.82) is 0 Å². The lowest BCUT2D eigenvalue weighted by Gasteiger charge is -2.50. The highest BCUT2D eigenvalue weighted by Gasteiger charge is 2.59. The van der Waals surface area contributed by atoms with Gasteiger partial charge in [0, 0.05) is 5.75 Å². The summed E-state index contributed by atoms with van der Waals surface area (Å²) in [6.07, 6.45) is -68.7. The molecule has 14 bridgehead atoms. The Kier molecular flexibility index (Phi) is 21.2. The molecule has 21 aliphatic rings. The highest BCUT2D eigenvalue weighted by Crippen LogP contribution is 2.39. The third kappa shape index (κ3) is 12.2. The summed E-state index contributed by atoms with van der Waals surface area (Å²) in [4.78, 5) is 0. The van der Waals surface area contributed by atoms with E-state index in [0.717, 1.165) is 0 Å². The van der Waals surface area contributed by atoms with E-state index in [-0.39, 0.29) is 5.75 Å². The number of thiol groups is 1. The van der Waals surface area contributed by atoms with Gasteiger partial charge in [-0.15, -0.1) is 0 Å². The predicted molar refractivity (Wildman–Crippen MR) is 235 cm³/mol. The third-order valence-electron chi connectivity index (χ3n) is 14.8. The number of hydrogen-bond acceptors (Lipinski definition) is 35. The Balaban J connectivity index is 1.08. The SMILES string of the molecule is OC[C@H]1O[C@@H]2O[C@H]3[C@H](O)[C@@H](O)[C@@H](O[C@H]4[C@H](O)[C@@H](O)[C@@H](O[C@H]5[C@H](O)[C@@H](O)[C@@H](O[C@H]6[C@H](O)[C@@H](O)[C@@H](O[C@H]7[C@H](O)[C@@H](O)[C@@H](O[C@H]8[C@H](O)[C@@H](O)[C@@H](O[C@H]1[C@H](O)[C@@H]2O)O[C@@H]8CS)O[C@@H]7CO)O[C@@H]6CO)O[C@@H]5CO)O[C@@H]4CO)O[C@@H]3CO. The van der Waals surface area contributed by atoms with Gasteiger partial charge in [0.25, 0.3) is 0 Å². The zero-order valence-corrected chi connectivity index (χ0v) is 41.2. The molecule has 0 spiro atoms. The smallest absolute Gasteiger partial charge is 0.187 e. The molecule has 35 atom stereocenters. The number of aliphatic hydroxyl groups is 20. The second-order valence-corrected chi connectivity index (χ2v) is 20.0. The van der Waals surface area contributed by atoms with Crippen LogP contribution in [0, 0.1) is 0 Å². The number of ether oxygens (including phenoxy) is 14. The lowest BCUT2D eigenvalue weighted by Crippen LogP contribution is -2.68. The van der Waals surface area contributed by atoms with Crippen LogP contribution in [-0.2, 0) is 66.3 Å².